The molecule has 1 atom stereocenters. The number of hydrogen-bond acceptors (Lipinski definition) is 2. The molecule has 0 aromatic heterocycles. The summed E-state index contributed by atoms with van der Waals surface area (Å²) in [7, 11) is 0. The van der Waals surface area contributed by atoms with Gasteiger partial charge in [-0.15, -0.1) is 0 Å². The van der Waals surface area contributed by atoms with E-state index >= 15 is 0 Å². The highest BCUT2D eigenvalue weighted by atomic mass is 16.2. The van der Waals surface area contributed by atoms with Gasteiger partial charge in [0, 0.05) is 13.1 Å². The van der Waals surface area contributed by atoms with Gasteiger partial charge in [0.25, 0.3) is 0 Å². The number of carbonyl (C=O) groups is 1. The van der Waals surface area contributed by atoms with E-state index < -0.39 is 0 Å². The molecule has 0 saturated carbocycles. The maximum absolute atomic E-state index is 12.4. The SMILES string of the molecule is CC(C)(C)C1CCN(C(=O)[C@@H]2CCCCN2)CC1. The van der Waals surface area contributed by atoms with Gasteiger partial charge in [-0.1, -0.05) is 27.2 Å². The average molecular weight is 252 g/mol. The zero-order valence-electron chi connectivity index (χ0n) is 12.2. The zero-order chi connectivity index (χ0) is 13.2. The van der Waals surface area contributed by atoms with E-state index in [2.05, 4.69) is 31.0 Å². The van der Waals surface area contributed by atoms with E-state index in [4.69, 9.17) is 0 Å². The van der Waals surface area contributed by atoms with Crippen molar-refractivity contribution in [3.8, 4) is 0 Å². The molecule has 2 saturated heterocycles. The minimum Gasteiger partial charge on any atom is -0.341 e. The Morgan fingerprint density at radius 3 is 2.28 bits per heavy atom. The number of hydrogen-bond donors (Lipinski definition) is 1. The molecule has 104 valence electrons. The Balaban J connectivity index is 1.83. The second-order valence-corrected chi connectivity index (χ2v) is 6.97. The van der Waals surface area contributed by atoms with Crippen LogP contribution in [-0.4, -0.2) is 36.5 Å². The minimum absolute atomic E-state index is 0.102. The van der Waals surface area contributed by atoms with Crippen molar-refractivity contribution >= 4 is 5.91 Å². The summed E-state index contributed by atoms with van der Waals surface area (Å²) in [5.74, 6) is 1.11. The smallest absolute Gasteiger partial charge is 0.239 e. The van der Waals surface area contributed by atoms with Gasteiger partial charge in [-0.05, 0) is 43.6 Å². The van der Waals surface area contributed by atoms with Crippen molar-refractivity contribution in [1.29, 1.82) is 0 Å². The molecule has 2 aliphatic heterocycles. The van der Waals surface area contributed by atoms with Crippen LogP contribution in [0.15, 0.2) is 0 Å². The van der Waals surface area contributed by atoms with Crippen molar-refractivity contribution in [3.05, 3.63) is 0 Å². The molecule has 0 spiro atoms. The molecule has 0 radical (unpaired) electrons. The number of rotatable bonds is 1. The summed E-state index contributed by atoms with van der Waals surface area (Å²) in [6.07, 6.45) is 5.78. The number of likely N-dealkylation sites (tertiary alicyclic amines) is 1. The maximum Gasteiger partial charge on any atom is 0.239 e. The Bertz CT molecular complexity index is 281. The lowest BCUT2D eigenvalue weighted by molar-refractivity contribution is -0.136. The van der Waals surface area contributed by atoms with Crippen molar-refractivity contribution in [2.45, 2.75) is 58.9 Å². The summed E-state index contributed by atoms with van der Waals surface area (Å²) in [5.41, 5.74) is 0.387. The van der Waals surface area contributed by atoms with Crippen LogP contribution < -0.4 is 5.32 Å². The fraction of sp³-hybridized carbons (Fsp3) is 0.933. The number of nitrogens with zero attached hydrogens (tertiary/aromatic N) is 1. The lowest BCUT2D eigenvalue weighted by Crippen LogP contribution is -2.51. The Morgan fingerprint density at radius 1 is 1.11 bits per heavy atom. The second-order valence-electron chi connectivity index (χ2n) is 6.97. The zero-order valence-corrected chi connectivity index (χ0v) is 12.2. The van der Waals surface area contributed by atoms with Crippen molar-refractivity contribution in [1.82, 2.24) is 10.2 Å². The van der Waals surface area contributed by atoms with Crippen LogP contribution in [0.2, 0.25) is 0 Å². The third kappa shape index (κ3) is 3.25. The Labute approximate surface area is 111 Å². The van der Waals surface area contributed by atoms with E-state index in [-0.39, 0.29) is 6.04 Å². The first-order valence-corrected chi connectivity index (χ1v) is 7.50. The predicted octanol–water partition coefficient (Wildman–Crippen LogP) is 2.41. The molecule has 0 aromatic carbocycles. The molecule has 0 bridgehead atoms. The first kappa shape index (κ1) is 13.9. The third-order valence-corrected chi connectivity index (χ3v) is 4.64. The number of nitrogens with one attached hydrogen (secondary N) is 1. The van der Waals surface area contributed by atoms with Gasteiger partial charge in [0.2, 0.25) is 5.91 Å². The average Bonchev–Trinajstić information content (AvgIpc) is 2.38. The van der Waals surface area contributed by atoms with Crippen molar-refractivity contribution in [2.24, 2.45) is 11.3 Å². The van der Waals surface area contributed by atoms with Crippen LogP contribution in [0, 0.1) is 11.3 Å². The molecule has 1 amide bonds. The van der Waals surface area contributed by atoms with E-state index in [1.54, 1.807) is 0 Å². The molecule has 1 N–H and O–H groups in total. The van der Waals surface area contributed by atoms with Gasteiger partial charge in [-0.2, -0.15) is 0 Å². The monoisotopic (exact) mass is 252 g/mol. The summed E-state index contributed by atoms with van der Waals surface area (Å²) in [4.78, 5) is 14.5. The molecule has 2 aliphatic rings. The van der Waals surface area contributed by atoms with Gasteiger partial charge < -0.3 is 10.2 Å². The molecular weight excluding hydrogens is 224 g/mol. The molecule has 3 nitrogen and oxygen atoms in total. The highest BCUT2D eigenvalue weighted by molar-refractivity contribution is 5.82. The first-order chi connectivity index (χ1) is 8.48. The van der Waals surface area contributed by atoms with Crippen LogP contribution in [-0.2, 0) is 4.79 Å². The molecule has 2 rings (SSSR count). The van der Waals surface area contributed by atoms with Gasteiger partial charge >= 0.3 is 0 Å². The largest absolute Gasteiger partial charge is 0.341 e. The van der Waals surface area contributed by atoms with Crippen LogP contribution >= 0.6 is 0 Å². The second kappa shape index (κ2) is 5.60. The fourth-order valence-corrected chi connectivity index (χ4v) is 3.25. The summed E-state index contributed by atoms with van der Waals surface area (Å²) in [5, 5.41) is 3.37. The quantitative estimate of drug-likeness (QED) is 0.777. The number of piperidine rings is 2. The Kier molecular flexibility index (Phi) is 4.31. The van der Waals surface area contributed by atoms with Crippen molar-refractivity contribution in [2.75, 3.05) is 19.6 Å². The van der Waals surface area contributed by atoms with E-state index in [1.807, 2.05) is 0 Å². The summed E-state index contributed by atoms with van der Waals surface area (Å²) >= 11 is 0. The topological polar surface area (TPSA) is 32.3 Å². The summed E-state index contributed by atoms with van der Waals surface area (Å²) < 4.78 is 0. The van der Waals surface area contributed by atoms with Gasteiger partial charge in [-0.3, -0.25) is 4.79 Å². The van der Waals surface area contributed by atoms with Crippen molar-refractivity contribution in [3.63, 3.8) is 0 Å². The molecule has 3 heteroatoms. The number of carbonyl (C=O) groups excluding carboxylic acids is 1. The van der Waals surface area contributed by atoms with Crippen LogP contribution in [0.3, 0.4) is 0 Å². The van der Waals surface area contributed by atoms with Crippen LogP contribution in [0.1, 0.15) is 52.9 Å². The minimum atomic E-state index is 0.102. The van der Waals surface area contributed by atoms with Crippen LogP contribution in [0.4, 0.5) is 0 Å². The molecule has 2 fully saturated rings. The van der Waals surface area contributed by atoms with Gasteiger partial charge in [0.1, 0.15) is 0 Å². The highest BCUT2D eigenvalue weighted by Gasteiger charge is 2.32. The standard InChI is InChI=1S/C15H28N2O/c1-15(2,3)12-7-10-17(11-8-12)14(18)13-6-4-5-9-16-13/h12-13,16H,4-11H2,1-3H3/t13-/m0/s1. The first-order valence-electron chi connectivity index (χ1n) is 7.50. The van der Waals surface area contributed by atoms with Gasteiger partial charge in [0.05, 0.1) is 6.04 Å². The predicted molar refractivity (Wildman–Crippen MR) is 74.4 cm³/mol. The molecule has 2 heterocycles. The third-order valence-electron chi connectivity index (χ3n) is 4.64. The van der Waals surface area contributed by atoms with Crippen molar-refractivity contribution < 1.29 is 4.79 Å². The van der Waals surface area contributed by atoms with E-state index in [0.717, 1.165) is 32.0 Å². The van der Waals surface area contributed by atoms with Crippen LogP contribution in [0.25, 0.3) is 0 Å². The lowest BCUT2D eigenvalue weighted by atomic mass is 9.75. The molecular formula is C15H28N2O. The number of amides is 1. The summed E-state index contributed by atoms with van der Waals surface area (Å²) in [6, 6.07) is 0.102. The fourth-order valence-electron chi connectivity index (χ4n) is 3.25. The maximum atomic E-state index is 12.4. The van der Waals surface area contributed by atoms with E-state index in [1.165, 1.54) is 25.7 Å². The van der Waals surface area contributed by atoms with Crippen LogP contribution in [0.5, 0.6) is 0 Å². The molecule has 0 aromatic rings. The highest BCUT2D eigenvalue weighted by Crippen LogP contribution is 2.34. The Hall–Kier alpha value is -0.570. The van der Waals surface area contributed by atoms with Gasteiger partial charge in [-0.25, -0.2) is 0 Å². The normalized spacial score (nSPS) is 27.3. The summed E-state index contributed by atoms with van der Waals surface area (Å²) in [6.45, 7) is 9.88. The molecule has 18 heavy (non-hydrogen) atoms. The molecule has 0 aliphatic carbocycles. The van der Waals surface area contributed by atoms with E-state index in [0.29, 0.717) is 11.3 Å². The molecule has 0 unspecified atom stereocenters. The van der Waals surface area contributed by atoms with E-state index in [9.17, 15) is 4.79 Å². The lowest BCUT2D eigenvalue weighted by Gasteiger charge is -2.40. The van der Waals surface area contributed by atoms with Gasteiger partial charge in [0.15, 0.2) is 0 Å². The Morgan fingerprint density at radius 2 is 1.78 bits per heavy atom.